The number of nitrogens with one attached hydrogen (secondary N) is 1. The van der Waals surface area contributed by atoms with Gasteiger partial charge in [-0.2, -0.15) is 0 Å². The van der Waals surface area contributed by atoms with Crippen molar-refractivity contribution in [2.45, 2.75) is 25.3 Å². The molecule has 4 amide bonds. The molecule has 2 saturated heterocycles. The molecule has 27 heavy (non-hydrogen) atoms. The standard InChI is InChI=1S/C21H19N3O3/c25-18-21(19(26)24(20(27)22-18)15-8-2-1-3-9-15)13-14-7-4-5-10-16(14)23-12-6-11-17(21)23/h1-5,7-10,17H,6,11-13H2,(H,22,25,27)/t17-,21+/m1/s1. The molecule has 0 aliphatic carbocycles. The predicted molar refractivity (Wildman–Crippen MR) is 100 cm³/mol. The van der Waals surface area contributed by atoms with Gasteiger partial charge < -0.3 is 4.90 Å². The van der Waals surface area contributed by atoms with Crippen molar-refractivity contribution < 1.29 is 14.4 Å². The molecule has 0 radical (unpaired) electrons. The summed E-state index contributed by atoms with van der Waals surface area (Å²) >= 11 is 0. The number of hydrogen-bond acceptors (Lipinski definition) is 4. The average molecular weight is 361 g/mol. The molecular formula is C21H19N3O3. The first-order valence-corrected chi connectivity index (χ1v) is 9.22. The highest BCUT2D eigenvalue weighted by atomic mass is 16.2. The van der Waals surface area contributed by atoms with E-state index in [4.69, 9.17) is 0 Å². The normalized spacial score (nSPS) is 26.8. The van der Waals surface area contributed by atoms with Gasteiger partial charge in [0, 0.05) is 12.2 Å². The number of imide groups is 2. The third kappa shape index (κ3) is 2.10. The molecule has 0 aromatic heterocycles. The SMILES string of the molecule is O=C1NC(=O)[C@@]2(Cc3ccccc3N3CCC[C@@H]32)C(=O)N1c1ccccc1. The Labute approximate surface area is 156 Å². The molecular weight excluding hydrogens is 342 g/mol. The number of fused-ring (bicyclic) bond motifs is 4. The molecule has 1 spiro atoms. The van der Waals surface area contributed by atoms with E-state index in [1.165, 1.54) is 0 Å². The molecule has 1 N–H and O–H groups in total. The second kappa shape index (κ2) is 5.67. The smallest absolute Gasteiger partial charge is 0.335 e. The van der Waals surface area contributed by atoms with Crippen LogP contribution in [0.3, 0.4) is 0 Å². The van der Waals surface area contributed by atoms with Gasteiger partial charge in [0.1, 0.15) is 0 Å². The quantitative estimate of drug-likeness (QED) is 0.793. The van der Waals surface area contributed by atoms with Crippen LogP contribution >= 0.6 is 0 Å². The second-order valence-corrected chi connectivity index (χ2v) is 7.36. The Morgan fingerprint density at radius 2 is 1.70 bits per heavy atom. The van der Waals surface area contributed by atoms with Crippen molar-refractivity contribution in [2.24, 2.45) is 5.41 Å². The maximum Gasteiger partial charge on any atom is 0.335 e. The number of benzene rings is 2. The van der Waals surface area contributed by atoms with Gasteiger partial charge in [-0.25, -0.2) is 9.69 Å². The molecule has 3 aliphatic heterocycles. The van der Waals surface area contributed by atoms with E-state index in [0.29, 0.717) is 12.1 Å². The highest BCUT2D eigenvalue weighted by Crippen LogP contribution is 2.48. The van der Waals surface area contributed by atoms with Gasteiger partial charge in [0.05, 0.1) is 11.7 Å². The van der Waals surface area contributed by atoms with Crippen molar-refractivity contribution in [1.29, 1.82) is 0 Å². The van der Waals surface area contributed by atoms with Crippen LogP contribution in [-0.4, -0.2) is 30.4 Å². The third-order valence-corrected chi connectivity index (χ3v) is 6.02. The van der Waals surface area contributed by atoms with Crippen LogP contribution in [0.25, 0.3) is 0 Å². The second-order valence-electron chi connectivity index (χ2n) is 7.36. The minimum absolute atomic E-state index is 0.237. The largest absolute Gasteiger partial charge is 0.367 e. The van der Waals surface area contributed by atoms with Gasteiger partial charge in [0.25, 0.3) is 5.91 Å². The van der Waals surface area contributed by atoms with E-state index in [1.807, 2.05) is 30.3 Å². The van der Waals surface area contributed by atoms with Crippen molar-refractivity contribution in [3.8, 4) is 0 Å². The van der Waals surface area contributed by atoms with Crippen LogP contribution in [0.1, 0.15) is 18.4 Å². The van der Waals surface area contributed by atoms with E-state index < -0.39 is 23.3 Å². The number of carbonyl (C=O) groups is 3. The molecule has 6 heteroatoms. The molecule has 3 aliphatic rings. The number of hydrogen-bond donors (Lipinski definition) is 1. The molecule has 0 saturated carbocycles. The highest BCUT2D eigenvalue weighted by molar-refractivity contribution is 6.30. The Morgan fingerprint density at radius 1 is 0.963 bits per heavy atom. The fourth-order valence-corrected chi connectivity index (χ4v) is 4.84. The van der Waals surface area contributed by atoms with Crippen LogP contribution in [0.15, 0.2) is 54.6 Å². The Kier molecular flexibility index (Phi) is 3.37. The lowest BCUT2D eigenvalue weighted by Crippen LogP contribution is -2.71. The third-order valence-electron chi connectivity index (χ3n) is 6.02. The summed E-state index contributed by atoms with van der Waals surface area (Å²) in [6.07, 6.45) is 1.98. The predicted octanol–water partition coefficient (Wildman–Crippen LogP) is 2.48. The lowest BCUT2D eigenvalue weighted by atomic mass is 9.68. The van der Waals surface area contributed by atoms with E-state index in [9.17, 15) is 14.4 Å². The summed E-state index contributed by atoms with van der Waals surface area (Å²) in [4.78, 5) is 42.7. The molecule has 136 valence electrons. The monoisotopic (exact) mass is 361 g/mol. The van der Waals surface area contributed by atoms with Gasteiger partial charge in [-0.3, -0.25) is 14.9 Å². The van der Waals surface area contributed by atoms with E-state index in [2.05, 4.69) is 10.2 Å². The minimum atomic E-state index is -1.28. The van der Waals surface area contributed by atoms with Crippen LogP contribution in [0.5, 0.6) is 0 Å². The maximum atomic E-state index is 13.7. The molecule has 2 aromatic rings. The zero-order valence-electron chi connectivity index (χ0n) is 14.7. The van der Waals surface area contributed by atoms with E-state index in [1.54, 1.807) is 24.3 Å². The molecule has 0 unspecified atom stereocenters. The maximum absolute atomic E-state index is 13.7. The molecule has 6 nitrogen and oxygen atoms in total. The Hall–Kier alpha value is -3.15. The lowest BCUT2D eigenvalue weighted by Gasteiger charge is -2.49. The molecule has 2 aromatic carbocycles. The first-order valence-electron chi connectivity index (χ1n) is 9.22. The molecule has 2 atom stereocenters. The number of carbonyl (C=O) groups excluding carboxylic acids is 3. The molecule has 2 fully saturated rings. The van der Waals surface area contributed by atoms with Crippen LogP contribution in [0, 0.1) is 5.41 Å². The summed E-state index contributed by atoms with van der Waals surface area (Å²) in [7, 11) is 0. The minimum Gasteiger partial charge on any atom is -0.367 e. The van der Waals surface area contributed by atoms with E-state index in [-0.39, 0.29) is 6.04 Å². The van der Waals surface area contributed by atoms with Crippen molar-refractivity contribution in [3.63, 3.8) is 0 Å². The van der Waals surface area contributed by atoms with Gasteiger partial charge in [-0.15, -0.1) is 0 Å². The lowest BCUT2D eigenvalue weighted by molar-refractivity contribution is -0.144. The summed E-state index contributed by atoms with van der Waals surface area (Å²) < 4.78 is 0. The Balaban J connectivity index is 1.67. The van der Waals surface area contributed by atoms with Crippen LogP contribution in [0.4, 0.5) is 16.2 Å². The van der Waals surface area contributed by atoms with Crippen LogP contribution in [-0.2, 0) is 16.0 Å². The molecule has 5 rings (SSSR count). The van der Waals surface area contributed by atoms with Crippen molar-refractivity contribution in [1.82, 2.24) is 5.32 Å². The topological polar surface area (TPSA) is 69.7 Å². The van der Waals surface area contributed by atoms with Crippen molar-refractivity contribution in [2.75, 3.05) is 16.3 Å². The van der Waals surface area contributed by atoms with Gasteiger partial charge in [0.15, 0.2) is 5.41 Å². The van der Waals surface area contributed by atoms with E-state index >= 15 is 0 Å². The Morgan fingerprint density at radius 3 is 2.52 bits per heavy atom. The van der Waals surface area contributed by atoms with Gasteiger partial charge >= 0.3 is 6.03 Å². The highest BCUT2D eigenvalue weighted by Gasteiger charge is 2.62. The zero-order valence-corrected chi connectivity index (χ0v) is 14.7. The number of amides is 4. The average Bonchev–Trinajstić information content (AvgIpc) is 3.18. The summed E-state index contributed by atoms with van der Waals surface area (Å²) in [6, 6.07) is 15.8. The molecule has 0 bridgehead atoms. The first-order chi connectivity index (χ1) is 13.1. The summed E-state index contributed by atoms with van der Waals surface area (Å²) in [5, 5.41) is 2.46. The number of urea groups is 1. The number of rotatable bonds is 1. The van der Waals surface area contributed by atoms with Gasteiger partial charge in [-0.1, -0.05) is 36.4 Å². The number of barbiturate groups is 1. The fourth-order valence-electron chi connectivity index (χ4n) is 4.84. The fraction of sp³-hybridized carbons (Fsp3) is 0.286. The van der Waals surface area contributed by atoms with Crippen LogP contribution in [0.2, 0.25) is 0 Å². The number of para-hydroxylation sites is 2. The van der Waals surface area contributed by atoms with E-state index in [0.717, 1.165) is 35.5 Å². The molecule has 3 heterocycles. The summed E-state index contributed by atoms with van der Waals surface area (Å²) in [5.41, 5.74) is 1.26. The van der Waals surface area contributed by atoms with Crippen molar-refractivity contribution >= 4 is 29.2 Å². The van der Waals surface area contributed by atoms with Gasteiger partial charge in [0.2, 0.25) is 5.91 Å². The summed E-state index contributed by atoms with van der Waals surface area (Å²) in [5.74, 6) is -0.898. The first kappa shape index (κ1) is 16.1. The zero-order chi connectivity index (χ0) is 18.6. The number of nitrogens with zero attached hydrogens (tertiary/aromatic N) is 2. The van der Waals surface area contributed by atoms with Crippen molar-refractivity contribution in [3.05, 3.63) is 60.2 Å². The van der Waals surface area contributed by atoms with Crippen LogP contribution < -0.4 is 15.1 Å². The summed E-state index contributed by atoms with van der Waals surface area (Å²) in [6.45, 7) is 0.809. The Bertz CT molecular complexity index is 958. The number of anilines is 2. The van der Waals surface area contributed by atoms with Gasteiger partial charge in [-0.05, 0) is 43.0 Å².